The van der Waals surface area contributed by atoms with E-state index >= 15 is 0 Å². The van der Waals surface area contributed by atoms with E-state index in [9.17, 15) is 4.79 Å². The van der Waals surface area contributed by atoms with Crippen LogP contribution in [0.2, 0.25) is 0 Å². The zero-order chi connectivity index (χ0) is 15.4. The molecule has 0 aliphatic carbocycles. The normalized spacial score (nSPS) is 10.0. The van der Waals surface area contributed by atoms with E-state index in [0.29, 0.717) is 15.7 Å². The largest absolute Gasteiger partial charge is 0.481 e. The van der Waals surface area contributed by atoms with Gasteiger partial charge in [0, 0.05) is 15.7 Å². The average molecular weight is 353 g/mol. The van der Waals surface area contributed by atoms with Crippen LogP contribution in [0.25, 0.3) is 0 Å². The van der Waals surface area contributed by atoms with Gasteiger partial charge in [-0.3, -0.25) is 10.1 Å². The molecule has 7 nitrogen and oxygen atoms in total. The van der Waals surface area contributed by atoms with Gasteiger partial charge in [-0.05, 0) is 18.2 Å². The van der Waals surface area contributed by atoms with Crippen molar-refractivity contribution in [2.45, 2.75) is 0 Å². The molecule has 0 saturated heterocycles. The van der Waals surface area contributed by atoms with Gasteiger partial charge in [0.25, 0.3) is 5.91 Å². The molecule has 0 fully saturated rings. The second-order valence-corrected chi connectivity index (χ2v) is 4.92. The Kier molecular flexibility index (Phi) is 4.59. The minimum atomic E-state index is -0.390. The van der Waals surface area contributed by atoms with Crippen LogP contribution in [0.15, 0.2) is 28.7 Å². The molecule has 8 heteroatoms. The van der Waals surface area contributed by atoms with Crippen LogP contribution < -0.4 is 20.5 Å². The van der Waals surface area contributed by atoms with Crippen molar-refractivity contribution in [3.8, 4) is 11.8 Å². The first-order valence-corrected chi connectivity index (χ1v) is 6.65. The second kappa shape index (κ2) is 6.40. The van der Waals surface area contributed by atoms with E-state index in [2.05, 4.69) is 31.2 Å². The number of carbonyl (C=O) groups excluding carboxylic acids is 1. The highest BCUT2D eigenvalue weighted by Gasteiger charge is 2.12. The first-order chi connectivity index (χ1) is 10.0. The van der Waals surface area contributed by atoms with E-state index in [1.54, 1.807) is 18.2 Å². The zero-order valence-corrected chi connectivity index (χ0v) is 13.0. The fourth-order valence-electron chi connectivity index (χ4n) is 1.59. The molecule has 0 atom stereocenters. The fraction of sp³-hybridized carbons (Fsp3) is 0.154. The van der Waals surface area contributed by atoms with E-state index in [0.717, 1.165) is 0 Å². The number of aromatic nitrogens is 2. The van der Waals surface area contributed by atoms with Gasteiger partial charge in [0.1, 0.15) is 0 Å². The van der Waals surface area contributed by atoms with Crippen molar-refractivity contribution in [3.63, 3.8) is 0 Å². The van der Waals surface area contributed by atoms with Gasteiger partial charge >= 0.3 is 0 Å². The van der Waals surface area contributed by atoms with E-state index < -0.39 is 5.91 Å². The first kappa shape index (κ1) is 15.0. The van der Waals surface area contributed by atoms with Crippen LogP contribution in [-0.2, 0) is 0 Å². The summed E-state index contributed by atoms with van der Waals surface area (Å²) in [4.78, 5) is 20.2. The van der Waals surface area contributed by atoms with Crippen molar-refractivity contribution in [1.82, 2.24) is 9.97 Å². The molecule has 0 aliphatic rings. The minimum Gasteiger partial charge on any atom is -0.481 e. The predicted octanol–water partition coefficient (Wildman–Crippen LogP) is 2.09. The third kappa shape index (κ3) is 3.82. The molecule has 21 heavy (non-hydrogen) atoms. The lowest BCUT2D eigenvalue weighted by Gasteiger charge is -2.08. The zero-order valence-electron chi connectivity index (χ0n) is 11.4. The summed E-state index contributed by atoms with van der Waals surface area (Å²) in [7, 11) is 2.92. The van der Waals surface area contributed by atoms with Crippen molar-refractivity contribution >= 4 is 33.5 Å². The molecule has 2 rings (SSSR count). The Morgan fingerprint density at radius 1 is 1.14 bits per heavy atom. The number of rotatable bonds is 4. The van der Waals surface area contributed by atoms with E-state index in [1.165, 1.54) is 20.3 Å². The number of anilines is 2. The van der Waals surface area contributed by atoms with Crippen molar-refractivity contribution < 1.29 is 14.3 Å². The number of carbonyl (C=O) groups is 1. The minimum absolute atomic E-state index is 0.0785. The third-order valence-corrected chi connectivity index (χ3v) is 2.96. The Morgan fingerprint density at radius 3 is 2.29 bits per heavy atom. The number of nitrogens with zero attached hydrogens (tertiary/aromatic N) is 2. The number of methoxy groups -OCH3 is 2. The van der Waals surface area contributed by atoms with Crippen molar-refractivity contribution in [3.05, 3.63) is 34.3 Å². The van der Waals surface area contributed by atoms with Crippen molar-refractivity contribution in [1.29, 1.82) is 0 Å². The number of nitrogens with two attached hydrogens (primary N) is 1. The lowest BCUT2D eigenvalue weighted by atomic mass is 10.2. The molecule has 0 aliphatic heterocycles. The monoisotopic (exact) mass is 352 g/mol. The molecular weight excluding hydrogens is 340 g/mol. The molecule has 1 aromatic heterocycles. The van der Waals surface area contributed by atoms with Gasteiger partial charge in [-0.25, -0.2) is 0 Å². The Morgan fingerprint density at radius 2 is 1.76 bits per heavy atom. The van der Waals surface area contributed by atoms with Gasteiger partial charge in [-0.15, -0.1) is 0 Å². The van der Waals surface area contributed by atoms with Gasteiger partial charge in [0.05, 0.1) is 20.3 Å². The van der Waals surface area contributed by atoms with Crippen LogP contribution in [0, 0.1) is 0 Å². The molecule has 0 spiro atoms. The summed E-state index contributed by atoms with van der Waals surface area (Å²) in [6, 6.07) is 6.40. The van der Waals surface area contributed by atoms with Gasteiger partial charge in [0.15, 0.2) is 0 Å². The van der Waals surface area contributed by atoms with Gasteiger partial charge in [0.2, 0.25) is 17.7 Å². The number of ether oxygens (including phenoxy) is 2. The van der Waals surface area contributed by atoms with Crippen molar-refractivity contribution in [2.24, 2.45) is 0 Å². The highest BCUT2D eigenvalue weighted by molar-refractivity contribution is 9.10. The number of nitrogens with one attached hydrogen (secondary N) is 1. The molecule has 1 amide bonds. The quantitative estimate of drug-likeness (QED) is 0.817. The molecule has 1 heterocycles. The molecule has 3 N–H and O–H groups in total. The summed E-state index contributed by atoms with van der Waals surface area (Å²) in [6.07, 6.45) is 0. The van der Waals surface area contributed by atoms with Gasteiger partial charge in [-0.2, -0.15) is 9.97 Å². The SMILES string of the molecule is COc1cc(OC)nc(NC(=O)c2cc(N)cc(Br)c2)n1. The number of amides is 1. The molecule has 0 saturated carbocycles. The van der Waals surface area contributed by atoms with Crippen molar-refractivity contribution in [2.75, 3.05) is 25.3 Å². The van der Waals surface area contributed by atoms with E-state index in [4.69, 9.17) is 15.2 Å². The molecule has 1 aromatic carbocycles. The molecular formula is C13H13BrN4O3. The number of hydrogen-bond acceptors (Lipinski definition) is 6. The van der Waals surface area contributed by atoms with Crippen LogP contribution in [0.1, 0.15) is 10.4 Å². The van der Waals surface area contributed by atoms with Crippen LogP contribution >= 0.6 is 15.9 Å². The Bertz CT molecular complexity index is 636. The Hall–Kier alpha value is -2.35. The molecule has 0 bridgehead atoms. The summed E-state index contributed by atoms with van der Waals surface area (Å²) in [5, 5.41) is 2.56. The lowest BCUT2D eigenvalue weighted by Crippen LogP contribution is -2.15. The summed E-state index contributed by atoms with van der Waals surface area (Å²) < 4.78 is 10.7. The fourth-order valence-corrected chi connectivity index (χ4v) is 2.10. The van der Waals surface area contributed by atoms with Crippen LogP contribution in [-0.4, -0.2) is 30.1 Å². The standard InChI is InChI=1S/C13H13BrN4O3/c1-20-10-6-11(21-2)17-13(16-10)18-12(19)7-3-8(14)5-9(15)4-7/h3-6H,15H2,1-2H3,(H,16,17,18,19). The number of halogens is 1. The first-order valence-electron chi connectivity index (χ1n) is 5.86. The summed E-state index contributed by atoms with van der Waals surface area (Å²) in [5.74, 6) is 0.255. The maximum atomic E-state index is 12.2. The molecule has 110 valence electrons. The van der Waals surface area contributed by atoms with Crippen LogP contribution in [0.5, 0.6) is 11.8 Å². The smallest absolute Gasteiger partial charge is 0.258 e. The van der Waals surface area contributed by atoms with Crippen LogP contribution in [0.4, 0.5) is 11.6 Å². The highest BCUT2D eigenvalue weighted by Crippen LogP contribution is 2.20. The lowest BCUT2D eigenvalue weighted by molar-refractivity contribution is 0.102. The maximum absolute atomic E-state index is 12.2. The summed E-state index contributed by atoms with van der Waals surface area (Å²) >= 11 is 3.28. The Labute approximate surface area is 129 Å². The predicted molar refractivity (Wildman–Crippen MR) is 81.6 cm³/mol. The van der Waals surface area contributed by atoms with E-state index in [-0.39, 0.29) is 17.7 Å². The Balaban J connectivity index is 2.26. The second-order valence-electron chi connectivity index (χ2n) is 4.00. The highest BCUT2D eigenvalue weighted by atomic mass is 79.9. The summed E-state index contributed by atoms with van der Waals surface area (Å²) in [6.45, 7) is 0. The molecule has 2 aromatic rings. The van der Waals surface area contributed by atoms with Gasteiger partial charge in [-0.1, -0.05) is 15.9 Å². The van der Waals surface area contributed by atoms with E-state index in [1.807, 2.05) is 0 Å². The van der Waals surface area contributed by atoms with Crippen LogP contribution in [0.3, 0.4) is 0 Å². The average Bonchev–Trinajstić information content (AvgIpc) is 2.45. The number of benzene rings is 1. The summed E-state index contributed by atoms with van der Waals surface area (Å²) in [5.41, 5.74) is 6.55. The molecule has 0 unspecified atom stereocenters. The van der Waals surface area contributed by atoms with Gasteiger partial charge < -0.3 is 15.2 Å². The third-order valence-electron chi connectivity index (χ3n) is 2.51. The topological polar surface area (TPSA) is 99.4 Å². The maximum Gasteiger partial charge on any atom is 0.258 e. The molecule has 0 radical (unpaired) electrons. The number of hydrogen-bond donors (Lipinski definition) is 2. The number of nitrogen functional groups attached to an aromatic ring is 1.